The normalized spacial score (nSPS) is 23.2. The number of hydrogen-bond donors (Lipinski definition) is 2. The zero-order valence-corrected chi connectivity index (χ0v) is 15.6. The van der Waals surface area contributed by atoms with E-state index in [2.05, 4.69) is 42.7 Å². The molecule has 0 amide bonds. The number of ether oxygens (including phenoxy) is 2. The molecule has 4 heteroatoms. The van der Waals surface area contributed by atoms with Gasteiger partial charge in [0.2, 0.25) is 0 Å². The number of aryl methyl sites for hydroxylation is 1. The van der Waals surface area contributed by atoms with E-state index in [9.17, 15) is 0 Å². The van der Waals surface area contributed by atoms with Gasteiger partial charge in [0.25, 0.3) is 0 Å². The molecule has 0 aromatic carbocycles. The Morgan fingerprint density at radius 1 is 1.29 bits per heavy atom. The maximum Gasteiger partial charge on any atom is 0.163 e. The molecule has 2 heterocycles. The minimum absolute atomic E-state index is 0.310. The quantitative estimate of drug-likeness (QED) is 0.792. The van der Waals surface area contributed by atoms with E-state index < -0.39 is 0 Å². The van der Waals surface area contributed by atoms with Crippen LogP contribution in [0.5, 0.6) is 0 Å². The van der Waals surface area contributed by atoms with E-state index in [0.29, 0.717) is 12.2 Å². The molecule has 2 fully saturated rings. The van der Waals surface area contributed by atoms with Gasteiger partial charge in [-0.2, -0.15) is 0 Å². The van der Waals surface area contributed by atoms with Crippen LogP contribution in [0, 0.1) is 6.92 Å². The van der Waals surface area contributed by atoms with E-state index in [-0.39, 0.29) is 5.79 Å². The summed E-state index contributed by atoms with van der Waals surface area (Å²) in [6.07, 6.45) is 6.25. The summed E-state index contributed by atoms with van der Waals surface area (Å²) >= 11 is 0. The van der Waals surface area contributed by atoms with Gasteiger partial charge in [0.15, 0.2) is 5.79 Å². The Morgan fingerprint density at radius 2 is 1.83 bits per heavy atom. The van der Waals surface area contributed by atoms with Gasteiger partial charge < -0.3 is 19.8 Å². The van der Waals surface area contributed by atoms with Crippen molar-refractivity contribution in [2.45, 2.75) is 58.0 Å². The first-order valence-electron chi connectivity index (χ1n) is 8.41. The summed E-state index contributed by atoms with van der Waals surface area (Å²) in [7, 11) is 1.85. The molecule has 1 aliphatic heterocycles. The van der Waals surface area contributed by atoms with Crippen LogP contribution in [0.2, 0.25) is 0 Å². The van der Waals surface area contributed by atoms with Crippen LogP contribution in [0.3, 0.4) is 0 Å². The number of aromatic nitrogens is 1. The molecule has 24 heavy (non-hydrogen) atoms. The topological polar surface area (TPSA) is 46.3 Å². The summed E-state index contributed by atoms with van der Waals surface area (Å²) in [4.78, 5) is 3.20. The molecular formula is C20H32N2O2. The van der Waals surface area contributed by atoms with Gasteiger partial charge >= 0.3 is 0 Å². The molecule has 0 spiro atoms. The molecule has 4 nitrogen and oxygen atoms in total. The van der Waals surface area contributed by atoms with Gasteiger partial charge in [0, 0.05) is 12.7 Å². The van der Waals surface area contributed by atoms with Gasteiger partial charge in [-0.05, 0) is 57.7 Å². The third-order valence-electron chi connectivity index (χ3n) is 4.15. The van der Waals surface area contributed by atoms with Gasteiger partial charge in [-0.25, -0.2) is 0 Å². The molecule has 1 saturated heterocycles. The van der Waals surface area contributed by atoms with E-state index >= 15 is 0 Å². The first kappa shape index (κ1) is 20.3. The number of nitrogens with one attached hydrogen (secondary N) is 2. The Kier molecular flexibility index (Phi) is 7.52. The molecule has 2 aliphatic rings. The maximum atomic E-state index is 5.65. The van der Waals surface area contributed by atoms with Crippen LogP contribution in [0.15, 0.2) is 32.4 Å². The lowest BCUT2D eigenvalue weighted by molar-refractivity contribution is -0.151. The molecule has 0 bridgehead atoms. The molecule has 1 aromatic heterocycles. The molecular weight excluding hydrogens is 300 g/mol. The average molecular weight is 332 g/mol. The number of hydrogen-bond acceptors (Lipinski definition) is 3. The van der Waals surface area contributed by atoms with Gasteiger partial charge in [-0.3, -0.25) is 0 Å². The van der Waals surface area contributed by atoms with Crippen LogP contribution >= 0.6 is 0 Å². The highest BCUT2D eigenvalue weighted by molar-refractivity contribution is 5.62. The standard InChI is InChI=1S/C10H14N2.C8H14O2.C2H4/c1-5-9-7(2)6-10(12-9)8(3)11-4;1-8(2)9-6-4-3-5-7(6)10-8;1-2/h5-6,11-12H,1,3H2,2,4H3;6-7H,3-5H2,1-2H3;1-2H2. The highest BCUT2D eigenvalue weighted by atomic mass is 16.8. The molecule has 134 valence electrons. The zero-order chi connectivity index (χ0) is 18.3. The lowest BCUT2D eigenvalue weighted by Gasteiger charge is -2.17. The van der Waals surface area contributed by atoms with E-state index in [4.69, 9.17) is 9.47 Å². The summed E-state index contributed by atoms with van der Waals surface area (Å²) < 4.78 is 11.3. The van der Waals surface area contributed by atoms with Crippen LogP contribution in [-0.2, 0) is 9.47 Å². The first-order chi connectivity index (χ1) is 11.4. The largest absolute Gasteiger partial charge is 0.387 e. The van der Waals surface area contributed by atoms with E-state index in [1.165, 1.54) is 24.8 Å². The minimum Gasteiger partial charge on any atom is -0.387 e. The third-order valence-corrected chi connectivity index (χ3v) is 4.15. The van der Waals surface area contributed by atoms with Crippen molar-refractivity contribution >= 4 is 11.8 Å². The molecule has 2 atom stereocenters. The average Bonchev–Trinajstić information content (AvgIpc) is 3.21. The predicted octanol–water partition coefficient (Wildman–Crippen LogP) is 4.65. The summed E-state index contributed by atoms with van der Waals surface area (Å²) in [5, 5.41) is 2.99. The van der Waals surface area contributed by atoms with E-state index in [1.807, 2.05) is 33.9 Å². The number of rotatable bonds is 3. The molecule has 1 aromatic rings. The maximum absolute atomic E-state index is 5.65. The Morgan fingerprint density at radius 3 is 2.25 bits per heavy atom. The van der Waals surface area contributed by atoms with Crippen molar-refractivity contribution in [3.8, 4) is 0 Å². The van der Waals surface area contributed by atoms with Crippen molar-refractivity contribution in [2.75, 3.05) is 7.05 Å². The minimum atomic E-state index is -0.310. The second-order valence-corrected chi connectivity index (χ2v) is 6.36. The van der Waals surface area contributed by atoms with E-state index in [1.54, 1.807) is 0 Å². The summed E-state index contributed by atoms with van der Waals surface area (Å²) in [6, 6.07) is 2.05. The van der Waals surface area contributed by atoms with Crippen molar-refractivity contribution in [1.29, 1.82) is 0 Å². The second kappa shape index (κ2) is 8.90. The number of fused-ring (bicyclic) bond motifs is 1. The Balaban J connectivity index is 0.000000220. The fourth-order valence-electron chi connectivity index (χ4n) is 3.00. The molecule has 1 aliphatic carbocycles. The van der Waals surface area contributed by atoms with Crippen LogP contribution in [0.1, 0.15) is 50.1 Å². The van der Waals surface area contributed by atoms with Crippen LogP contribution in [0.25, 0.3) is 11.8 Å². The second-order valence-electron chi connectivity index (χ2n) is 6.36. The van der Waals surface area contributed by atoms with Crippen molar-refractivity contribution in [3.63, 3.8) is 0 Å². The number of aromatic amines is 1. The van der Waals surface area contributed by atoms with Crippen molar-refractivity contribution < 1.29 is 9.47 Å². The lowest BCUT2D eigenvalue weighted by atomic mass is 10.2. The zero-order valence-electron chi connectivity index (χ0n) is 15.6. The summed E-state index contributed by atoms with van der Waals surface area (Å²) in [5.41, 5.74) is 4.16. The highest BCUT2D eigenvalue weighted by Gasteiger charge is 2.43. The van der Waals surface area contributed by atoms with Crippen molar-refractivity contribution in [2.24, 2.45) is 0 Å². The fourth-order valence-corrected chi connectivity index (χ4v) is 3.00. The van der Waals surface area contributed by atoms with Gasteiger partial charge in [0.05, 0.1) is 23.6 Å². The van der Waals surface area contributed by atoms with Crippen molar-refractivity contribution in [1.82, 2.24) is 10.3 Å². The summed E-state index contributed by atoms with van der Waals surface area (Å²) in [5.74, 6) is -0.310. The van der Waals surface area contributed by atoms with Crippen LogP contribution in [-0.4, -0.2) is 30.0 Å². The van der Waals surface area contributed by atoms with Gasteiger partial charge in [-0.15, -0.1) is 13.2 Å². The van der Waals surface area contributed by atoms with Crippen LogP contribution < -0.4 is 5.32 Å². The fraction of sp³-hybridized carbons (Fsp3) is 0.500. The lowest BCUT2D eigenvalue weighted by Crippen LogP contribution is -2.21. The predicted molar refractivity (Wildman–Crippen MR) is 103 cm³/mol. The molecule has 1 saturated carbocycles. The Labute approximate surface area is 146 Å². The SMILES string of the molecule is C=C.C=Cc1[nH]c(C(=C)NC)cc1C.CC1(C)OC2CCCC2O1. The van der Waals surface area contributed by atoms with E-state index in [0.717, 1.165) is 17.1 Å². The van der Waals surface area contributed by atoms with Gasteiger partial charge in [0.1, 0.15) is 0 Å². The molecule has 2 unspecified atom stereocenters. The van der Waals surface area contributed by atoms with Crippen LogP contribution in [0.4, 0.5) is 0 Å². The van der Waals surface area contributed by atoms with Crippen molar-refractivity contribution in [3.05, 3.63) is 49.3 Å². The highest BCUT2D eigenvalue weighted by Crippen LogP contribution is 2.37. The molecule has 2 N–H and O–H groups in total. The monoisotopic (exact) mass is 332 g/mol. The molecule has 3 rings (SSSR count). The number of H-pyrrole nitrogens is 1. The molecule has 0 radical (unpaired) electrons. The third kappa shape index (κ3) is 5.11. The Bertz CT molecular complexity index is 546. The summed E-state index contributed by atoms with van der Waals surface area (Å²) in [6.45, 7) is 19.6. The smallest absolute Gasteiger partial charge is 0.163 e. The first-order valence-corrected chi connectivity index (χ1v) is 8.41. The Hall–Kier alpha value is -1.78. The van der Waals surface area contributed by atoms with Gasteiger partial charge in [-0.1, -0.05) is 13.2 Å².